The average molecular weight is 421 g/mol. The first-order valence-electron chi connectivity index (χ1n) is 8.89. The molecule has 3 heterocycles. The standard InChI is InChI=1S/C20H15F4N3O3/c21-13-4-5-15(18(23)17(13)22)29-8-12-7-16(30-11-20(24)9-28-10-20)27-19(26-12)14-3-1-2-6-25-14/h1-7H,8-11H2. The van der Waals surface area contributed by atoms with Crippen LogP contribution < -0.4 is 9.47 Å². The summed E-state index contributed by atoms with van der Waals surface area (Å²) in [4.78, 5) is 12.7. The summed E-state index contributed by atoms with van der Waals surface area (Å²) in [6, 6.07) is 8.21. The fourth-order valence-corrected chi connectivity index (χ4v) is 2.61. The highest BCUT2D eigenvalue weighted by Gasteiger charge is 2.40. The Morgan fingerprint density at radius 1 is 1.00 bits per heavy atom. The van der Waals surface area contributed by atoms with Crippen LogP contribution in [0.1, 0.15) is 5.69 Å². The Hall–Kier alpha value is -3.27. The lowest BCUT2D eigenvalue weighted by molar-refractivity contribution is -0.146. The molecule has 3 aromatic rings. The molecule has 30 heavy (non-hydrogen) atoms. The summed E-state index contributed by atoms with van der Waals surface area (Å²) in [6.45, 7) is -0.721. The van der Waals surface area contributed by atoms with Gasteiger partial charge in [0.15, 0.2) is 28.9 Å². The second kappa shape index (κ2) is 8.23. The third-order valence-electron chi connectivity index (χ3n) is 4.23. The van der Waals surface area contributed by atoms with Gasteiger partial charge in [0.05, 0.1) is 18.9 Å². The maximum atomic E-state index is 14.2. The molecule has 0 spiro atoms. The number of benzene rings is 1. The van der Waals surface area contributed by atoms with Crippen LogP contribution in [0.2, 0.25) is 0 Å². The van der Waals surface area contributed by atoms with Crippen LogP contribution in [0, 0.1) is 17.5 Å². The van der Waals surface area contributed by atoms with E-state index in [0.717, 1.165) is 12.1 Å². The van der Waals surface area contributed by atoms with Gasteiger partial charge in [-0.3, -0.25) is 4.98 Å². The number of rotatable bonds is 7. The van der Waals surface area contributed by atoms with Crippen LogP contribution in [0.25, 0.3) is 11.5 Å². The topological polar surface area (TPSA) is 66.4 Å². The van der Waals surface area contributed by atoms with Gasteiger partial charge in [-0.1, -0.05) is 6.07 Å². The number of alkyl halides is 1. The first kappa shape index (κ1) is 20.0. The van der Waals surface area contributed by atoms with Gasteiger partial charge in [-0.15, -0.1) is 0 Å². The first-order valence-corrected chi connectivity index (χ1v) is 8.89. The van der Waals surface area contributed by atoms with Crippen LogP contribution in [0.3, 0.4) is 0 Å². The maximum absolute atomic E-state index is 14.2. The summed E-state index contributed by atoms with van der Waals surface area (Å²) < 4.78 is 70.0. The Labute approximate surface area is 168 Å². The summed E-state index contributed by atoms with van der Waals surface area (Å²) >= 11 is 0. The van der Waals surface area contributed by atoms with Crippen LogP contribution in [0.5, 0.6) is 11.6 Å². The largest absolute Gasteiger partial charge is 0.484 e. The fraction of sp³-hybridized carbons (Fsp3) is 0.250. The van der Waals surface area contributed by atoms with Crippen molar-refractivity contribution in [2.24, 2.45) is 0 Å². The Morgan fingerprint density at radius 2 is 1.83 bits per heavy atom. The van der Waals surface area contributed by atoms with E-state index in [1.165, 1.54) is 6.07 Å². The number of nitrogens with zero attached hydrogens (tertiary/aromatic N) is 3. The van der Waals surface area contributed by atoms with E-state index in [0.29, 0.717) is 5.69 Å². The van der Waals surface area contributed by atoms with E-state index < -0.39 is 28.9 Å². The third-order valence-corrected chi connectivity index (χ3v) is 4.23. The molecule has 0 bridgehead atoms. The predicted molar refractivity (Wildman–Crippen MR) is 96.1 cm³/mol. The highest BCUT2D eigenvalue weighted by Crippen LogP contribution is 2.26. The van der Waals surface area contributed by atoms with Crippen molar-refractivity contribution in [3.05, 3.63) is 65.7 Å². The lowest BCUT2D eigenvalue weighted by Crippen LogP contribution is -2.50. The lowest BCUT2D eigenvalue weighted by atomic mass is 10.1. The van der Waals surface area contributed by atoms with Crippen molar-refractivity contribution in [1.82, 2.24) is 15.0 Å². The van der Waals surface area contributed by atoms with Crippen LogP contribution in [0.15, 0.2) is 42.6 Å². The van der Waals surface area contributed by atoms with Crippen molar-refractivity contribution in [1.29, 1.82) is 0 Å². The summed E-state index contributed by atoms with van der Waals surface area (Å²) in [6.07, 6.45) is 1.54. The molecule has 0 radical (unpaired) electrons. The monoisotopic (exact) mass is 421 g/mol. The van der Waals surface area contributed by atoms with Gasteiger partial charge < -0.3 is 14.2 Å². The van der Waals surface area contributed by atoms with Crippen LogP contribution in [-0.4, -0.2) is 40.4 Å². The Balaban J connectivity index is 1.58. The molecule has 1 aromatic carbocycles. The molecule has 1 aliphatic heterocycles. The number of hydrogen-bond donors (Lipinski definition) is 0. The molecule has 0 unspecified atom stereocenters. The quantitative estimate of drug-likeness (QED) is 0.429. The van der Waals surface area contributed by atoms with Crippen LogP contribution in [-0.2, 0) is 11.3 Å². The normalized spacial score (nSPS) is 14.8. The second-order valence-electron chi connectivity index (χ2n) is 6.63. The maximum Gasteiger partial charge on any atom is 0.217 e. The van der Waals surface area contributed by atoms with Crippen LogP contribution in [0.4, 0.5) is 17.6 Å². The molecule has 10 heteroatoms. The zero-order chi connectivity index (χ0) is 21.1. The molecule has 0 amide bonds. The zero-order valence-corrected chi connectivity index (χ0v) is 15.4. The van der Waals surface area contributed by atoms with Gasteiger partial charge in [-0.25, -0.2) is 18.2 Å². The fourth-order valence-electron chi connectivity index (χ4n) is 2.61. The van der Waals surface area contributed by atoms with Gasteiger partial charge in [-0.05, 0) is 24.3 Å². The SMILES string of the molecule is Fc1ccc(OCc2cc(OCC3(F)COC3)nc(-c3ccccn3)n2)c(F)c1F. The molecule has 0 N–H and O–H groups in total. The molecular weight excluding hydrogens is 406 g/mol. The molecule has 6 nitrogen and oxygen atoms in total. The van der Waals surface area contributed by atoms with E-state index in [1.54, 1.807) is 24.4 Å². The summed E-state index contributed by atoms with van der Waals surface area (Å²) in [5.74, 6) is -4.66. The van der Waals surface area contributed by atoms with Crippen molar-refractivity contribution in [2.45, 2.75) is 12.3 Å². The van der Waals surface area contributed by atoms with Gasteiger partial charge in [0.25, 0.3) is 0 Å². The Bertz CT molecular complexity index is 1050. The first-order chi connectivity index (χ1) is 14.4. The molecule has 1 fully saturated rings. The van der Waals surface area contributed by atoms with E-state index in [-0.39, 0.29) is 43.8 Å². The van der Waals surface area contributed by atoms with E-state index >= 15 is 0 Å². The third kappa shape index (κ3) is 4.33. The molecule has 1 saturated heterocycles. The minimum absolute atomic E-state index is 0.0546. The van der Waals surface area contributed by atoms with Crippen LogP contribution >= 0.6 is 0 Å². The smallest absolute Gasteiger partial charge is 0.217 e. The predicted octanol–water partition coefficient (Wildman–Crippen LogP) is 3.65. The zero-order valence-electron chi connectivity index (χ0n) is 15.4. The van der Waals surface area contributed by atoms with Gasteiger partial charge in [0.2, 0.25) is 11.7 Å². The second-order valence-corrected chi connectivity index (χ2v) is 6.63. The van der Waals surface area contributed by atoms with E-state index in [2.05, 4.69) is 15.0 Å². The van der Waals surface area contributed by atoms with Gasteiger partial charge in [-0.2, -0.15) is 9.37 Å². The molecule has 4 rings (SSSR count). The Kier molecular flexibility index (Phi) is 5.49. The number of ether oxygens (including phenoxy) is 3. The number of halogens is 4. The van der Waals surface area contributed by atoms with Gasteiger partial charge in [0.1, 0.15) is 18.9 Å². The van der Waals surface area contributed by atoms with E-state index in [1.807, 2.05) is 0 Å². The molecule has 0 saturated carbocycles. The van der Waals surface area contributed by atoms with Crippen molar-refractivity contribution < 1.29 is 31.8 Å². The lowest BCUT2D eigenvalue weighted by Gasteiger charge is -2.32. The van der Waals surface area contributed by atoms with Crippen molar-refractivity contribution in [2.75, 3.05) is 19.8 Å². The molecule has 2 aromatic heterocycles. The number of pyridine rings is 1. The van der Waals surface area contributed by atoms with Crippen molar-refractivity contribution in [3.8, 4) is 23.1 Å². The van der Waals surface area contributed by atoms with Gasteiger partial charge in [0, 0.05) is 12.3 Å². The summed E-state index contributed by atoms with van der Waals surface area (Å²) in [5.41, 5.74) is -0.936. The van der Waals surface area contributed by atoms with Crippen molar-refractivity contribution in [3.63, 3.8) is 0 Å². The van der Waals surface area contributed by atoms with E-state index in [4.69, 9.17) is 14.2 Å². The molecule has 0 atom stereocenters. The Morgan fingerprint density at radius 3 is 2.53 bits per heavy atom. The highest BCUT2D eigenvalue weighted by molar-refractivity contribution is 5.49. The summed E-state index contributed by atoms with van der Waals surface area (Å²) in [7, 11) is 0. The minimum Gasteiger partial charge on any atom is -0.484 e. The molecule has 156 valence electrons. The minimum atomic E-state index is -1.63. The molecule has 0 aliphatic carbocycles. The average Bonchev–Trinajstić information content (AvgIpc) is 2.75. The molecular formula is C20H15F4N3O3. The van der Waals surface area contributed by atoms with Gasteiger partial charge >= 0.3 is 0 Å². The number of aromatic nitrogens is 3. The van der Waals surface area contributed by atoms with Crippen molar-refractivity contribution >= 4 is 0 Å². The summed E-state index contributed by atoms with van der Waals surface area (Å²) in [5, 5.41) is 0. The number of hydrogen-bond acceptors (Lipinski definition) is 6. The molecule has 1 aliphatic rings. The highest BCUT2D eigenvalue weighted by atomic mass is 19.2. The van der Waals surface area contributed by atoms with E-state index in [9.17, 15) is 17.6 Å².